The fraction of sp³-hybridized carbons (Fsp3) is 0.538. The van der Waals surface area contributed by atoms with Crippen molar-refractivity contribution in [3.63, 3.8) is 0 Å². The summed E-state index contributed by atoms with van der Waals surface area (Å²) in [6, 6.07) is 8.20. The predicted octanol–water partition coefficient (Wildman–Crippen LogP) is 2.21. The number of nitrogens with one attached hydrogen (secondary N) is 1. The van der Waals surface area contributed by atoms with Crippen molar-refractivity contribution in [2.24, 2.45) is 0 Å². The lowest BCUT2D eigenvalue weighted by molar-refractivity contribution is 0.0615. The second-order valence-corrected chi connectivity index (χ2v) is 4.10. The zero-order valence-electron chi connectivity index (χ0n) is 9.90. The van der Waals surface area contributed by atoms with Crippen LogP contribution in [-0.2, 0) is 0 Å². The third-order valence-electron chi connectivity index (χ3n) is 2.95. The summed E-state index contributed by atoms with van der Waals surface area (Å²) < 4.78 is 11.7. The van der Waals surface area contributed by atoms with Gasteiger partial charge in [0.15, 0.2) is 11.5 Å². The zero-order chi connectivity index (χ0) is 11.4. The highest BCUT2D eigenvalue weighted by Gasteiger charge is 2.26. The molecule has 1 aliphatic rings. The molecule has 0 radical (unpaired) electrons. The fourth-order valence-electron chi connectivity index (χ4n) is 2.06. The maximum atomic E-state index is 5.95. The van der Waals surface area contributed by atoms with Crippen molar-refractivity contribution in [3.8, 4) is 11.5 Å². The third-order valence-corrected chi connectivity index (χ3v) is 2.95. The second kappa shape index (κ2) is 5.21. The van der Waals surface area contributed by atoms with Crippen LogP contribution in [0.5, 0.6) is 11.5 Å². The normalized spacial score (nSPS) is 20.5. The van der Waals surface area contributed by atoms with E-state index in [1.54, 1.807) is 0 Å². The van der Waals surface area contributed by atoms with Crippen molar-refractivity contribution in [3.05, 3.63) is 24.3 Å². The van der Waals surface area contributed by atoms with Crippen LogP contribution in [0.1, 0.15) is 19.8 Å². The number of para-hydroxylation sites is 2. The molecule has 3 heteroatoms. The average molecular weight is 221 g/mol. The molecule has 0 fully saturated rings. The highest BCUT2D eigenvalue weighted by molar-refractivity contribution is 5.40. The minimum Gasteiger partial charge on any atom is -0.486 e. The van der Waals surface area contributed by atoms with E-state index in [0.717, 1.165) is 24.3 Å². The molecule has 1 aliphatic heterocycles. The van der Waals surface area contributed by atoms with Crippen LogP contribution < -0.4 is 14.8 Å². The topological polar surface area (TPSA) is 30.5 Å². The summed E-state index contributed by atoms with van der Waals surface area (Å²) in [7, 11) is 1.98. The highest BCUT2D eigenvalue weighted by Crippen LogP contribution is 2.31. The van der Waals surface area contributed by atoms with E-state index in [1.165, 1.54) is 0 Å². The zero-order valence-corrected chi connectivity index (χ0v) is 9.90. The first-order valence-electron chi connectivity index (χ1n) is 5.91. The van der Waals surface area contributed by atoms with Gasteiger partial charge in [0.2, 0.25) is 0 Å². The molecule has 2 atom stereocenters. The van der Waals surface area contributed by atoms with E-state index in [2.05, 4.69) is 12.2 Å². The largest absolute Gasteiger partial charge is 0.486 e. The number of fused-ring (bicyclic) bond motifs is 1. The molecule has 2 rings (SSSR count). The Morgan fingerprint density at radius 3 is 2.81 bits per heavy atom. The lowest BCUT2D eigenvalue weighted by Gasteiger charge is -2.31. The van der Waals surface area contributed by atoms with Gasteiger partial charge in [-0.05, 0) is 25.6 Å². The molecule has 88 valence electrons. The summed E-state index contributed by atoms with van der Waals surface area (Å²) in [6.45, 7) is 2.81. The maximum Gasteiger partial charge on any atom is 0.161 e. The van der Waals surface area contributed by atoms with Crippen molar-refractivity contribution < 1.29 is 9.47 Å². The van der Waals surface area contributed by atoms with Crippen LogP contribution in [0.2, 0.25) is 0 Å². The number of ether oxygens (including phenoxy) is 2. The van der Waals surface area contributed by atoms with E-state index >= 15 is 0 Å². The first-order valence-corrected chi connectivity index (χ1v) is 5.91. The molecule has 16 heavy (non-hydrogen) atoms. The molecule has 0 aliphatic carbocycles. The molecule has 1 N–H and O–H groups in total. The Hall–Kier alpha value is -1.22. The minimum absolute atomic E-state index is 0.111. The number of rotatable bonds is 4. The quantitative estimate of drug-likeness (QED) is 0.845. The molecule has 0 amide bonds. The van der Waals surface area contributed by atoms with Crippen LogP contribution in [0.4, 0.5) is 0 Å². The predicted molar refractivity (Wildman–Crippen MR) is 64.1 cm³/mol. The van der Waals surface area contributed by atoms with Crippen LogP contribution in [0, 0.1) is 0 Å². The van der Waals surface area contributed by atoms with Gasteiger partial charge in [-0.2, -0.15) is 0 Å². The van der Waals surface area contributed by atoms with E-state index in [0.29, 0.717) is 12.6 Å². The molecular formula is C13H19NO2. The number of benzene rings is 1. The summed E-state index contributed by atoms with van der Waals surface area (Å²) in [4.78, 5) is 0. The molecule has 0 bridgehead atoms. The molecule has 1 aromatic rings. The van der Waals surface area contributed by atoms with Crippen molar-refractivity contribution in [2.45, 2.75) is 31.9 Å². The number of hydrogen-bond donors (Lipinski definition) is 1. The third kappa shape index (κ3) is 2.30. The number of likely N-dealkylation sites (N-methyl/N-ethyl adjacent to an activating group) is 1. The Morgan fingerprint density at radius 2 is 2.12 bits per heavy atom. The van der Waals surface area contributed by atoms with E-state index in [9.17, 15) is 0 Å². The van der Waals surface area contributed by atoms with Gasteiger partial charge in [0.25, 0.3) is 0 Å². The Labute approximate surface area is 96.8 Å². The van der Waals surface area contributed by atoms with Crippen molar-refractivity contribution in [1.82, 2.24) is 5.32 Å². The Kier molecular flexibility index (Phi) is 3.67. The summed E-state index contributed by atoms with van der Waals surface area (Å²) in [5, 5.41) is 3.30. The van der Waals surface area contributed by atoms with Gasteiger partial charge in [-0.1, -0.05) is 25.5 Å². The molecule has 0 saturated heterocycles. The van der Waals surface area contributed by atoms with E-state index in [-0.39, 0.29) is 6.10 Å². The Morgan fingerprint density at radius 1 is 1.38 bits per heavy atom. The highest BCUT2D eigenvalue weighted by atomic mass is 16.6. The maximum absolute atomic E-state index is 5.95. The van der Waals surface area contributed by atoms with Gasteiger partial charge in [-0.25, -0.2) is 0 Å². The summed E-state index contributed by atoms with van der Waals surface area (Å²) in [5.41, 5.74) is 0. The summed E-state index contributed by atoms with van der Waals surface area (Å²) in [5.74, 6) is 1.71. The van der Waals surface area contributed by atoms with Gasteiger partial charge in [0.05, 0.1) is 0 Å². The molecule has 3 nitrogen and oxygen atoms in total. The van der Waals surface area contributed by atoms with Gasteiger partial charge in [-0.3, -0.25) is 0 Å². The molecule has 1 heterocycles. The molecular weight excluding hydrogens is 202 g/mol. The number of hydrogen-bond acceptors (Lipinski definition) is 3. The lowest BCUT2D eigenvalue weighted by atomic mass is 10.1. The smallest absolute Gasteiger partial charge is 0.161 e. The summed E-state index contributed by atoms with van der Waals surface area (Å²) >= 11 is 0. The average Bonchev–Trinajstić information content (AvgIpc) is 2.35. The van der Waals surface area contributed by atoms with Crippen LogP contribution in [0.3, 0.4) is 0 Å². The SMILES string of the molecule is CCCC(NC)C1COc2ccccc2O1. The Bertz CT molecular complexity index is 340. The van der Waals surface area contributed by atoms with Gasteiger partial charge in [0, 0.05) is 6.04 Å². The van der Waals surface area contributed by atoms with Crippen molar-refractivity contribution in [2.75, 3.05) is 13.7 Å². The molecule has 1 aromatic carbocycles. The second-order valence-electron chi connectivity index (χ2n) is 4.10. The van der Waals surface area contributed by atoms with Crippen molar-refractivity contribution in [1.29, 1.82) is 0 Å². The minimum atomic E-state index is 0.111. The van der Waals surface area contributed by atoms with E-state index in [4.69, 9.17) is 9.47 Å². The van der Waals surface area contributed by atoms with Crippen LogP contribution in [0.25, 0.3) is 0 Å². The fourth-order valence-corrected chi connectivity index (χ4v) is 2.06. The molecule has 0 saturated carbocycles. The lowest BCUT2D eigenvalue weighted by Crippen LogP contribution is -2.46. The Balaban J connectivity index is 2.06. The van der Waals surface area contributed by atoms with E-state index in [1.807, 2.05) is 31.3 Å². The summed E-state index contributed by atoms with van der Waals surface area (Å²) in [6.07, 6.45) is 2.36. The van der Waals surface area contributed by atoms with Gasteiger partial charge < -0.3 is 14.8 Å². The van der Waals surface area contributed by atoms with Crippen molar-refractivity contribution >= 4 is 0 Å². The van der Waals surface area contributed by atoms with Crippen LogP contribution >= 0.6 is 0 Å². The first kappa shape index (κ1) is 11.3. The van der Waals surface area contributed by atoms with Crippen LogP contribution in [-0.4, -0.2) is 25.8 Å². The van der Waals surface area contributed by atoms with Gasteiger partial charge in [-0.15, -0.1) is 0 Å². The standard InChI is InChI=1S/C13H19NO2/c1-3-6-10(14-2)13-9-15-11-7-4-5-8-12(11)16-13/h4-5,7-8,10,13-14H,3,6,9H2,1-2H3. The molecule has 0 spiro atoms. The monoisotopic (exact) mass is 221 g/mol. The van der Waals surface area contributed by atoms with Crippen LogP contribution in [0.15, 0.2) is 24.3 Å². The van der Waals surface area contributed by atoms with Gasteiger partial charge >= 0.3 is 0 Å². The van der Waals surface area contributed by atoms with Gasteiger partial charge in [0.1, 0.15) is 12.7 Å². The molecule has 2 unspecified atom stereocenters. The molecule has 0 aromatic heterocycles. The first-order chi connectivity index (χ1) is 7.85. The van der Waals surface area contributed by atoms with E-state index < -0.39 is 0 Å².